The number of rotatable bonds is 5. The van der Waals surface area contributed by atoms with Gasteiger partial charge in [-0.15, -0.1) is 0 Å². The number of nitrogens with zero attached hydrogens (tertiary/aromatic N) is 5. The molecule has 142 valence electrons. The van der Waals surface area contributed by atoms with Crippen molar-refractivity contribution in [2.75, 3.05) is 44.3 Å². The second-order valence-electron chi connectivity index (χ2n) is 6.65. The second kappa shape index (κ2) is 8.30. The predicted octanol–water partition coefficient (Wildman–Crippen LogP) is 1.45. The van der Waals surface area contributed by atoms with Gasteiger partial charge in [-0.2, -0.15) is 0 Å². The summed E-state index contributed by atoms with van der Waals surface area (Å²) in [4.78, 5) is 29.5. The van der Waals surface area contributed by atoms with Gasteiger partial charge in [-0.05, 0) is 31.0 Å². The molecular weight excluding hydrogens is 346 g/mol. The molecule has 2 saturated heterocycles. The van der Waals surface area contributed by atoms with Gasteiger partial charge in [0, 0.05) is 32.0 Å². The van der Waals surface area contributed by atoms with Gasteiger partial charge in [-0.3, -0.25) is 9.78 Å². The van der Waals surface area contributed by atoms with Crippen LogP contribution in [0.1, 0.15) is 24.6 Å². The molecule has 0 spiro atoms. The highest BCUT2D eigenvalue weighted by Crippen LogP contribution is 2.23. The number of amides is 1. The molecule has 2 aliphatic heterocycles. The maximum Gasteiger partial charge on any atom is 0.260 e. The lowest BCUT2D eigenvalue weighted by atomic mass is 10.2. The molecule has 2 aromatic rings. The highest BCUT2D eigenvalue weighted by molar-refractivity contribution is 5.77. The molecule has 2 fully saturated rings. The number of morpholine rings is 1. The van der Waals surface area contributed by atoms with Crippen molar-refractivity contribution in [3.63, 3.8) is 0 Å². The van der Waals surface area contributed by atoms with Crippen molar-refractivity contribution in [1.29, 1.82) is 0 Å². The van der Waals surface area contributed by atoms with Crippen LogP contribution in [0.25, 0.3) is 0 Å². The van der Waals surface area contributed by atoms with E-state index in [9.17, 15) is 4.79 Å². The Labute approximate surface area is 158 Å². The van der Waals surface area contributed by atoms with Crippen molar-refractivity contribution in [2.45, 2.75) is 18.9 Å². The van der Waals surface area contributed by atoms with Crippen LogP contribution in [-0.4, -0.2) is 65.2 Å². The quantitative estimate of drug-likeness (QED) is 0.789. The number of pyridine rings is 1. The Kier molecular flexibility index (Phi) is 5.43. The van der Waals surface area contributed by atoms with Gasteiger partial charge in [0.1, 0.15) is 11.9 Å². The molecule has 1 atom stereocenters. The first-order chi connectivity index (χ1) is 13.3. The Morgan fingerprint density at radius 1 is 1.22 bits per heavy atom. The van der Waals surface area contributed by atoms with E-state index in [4.69, 9.17) is 9.47 Å². The largest absolute Gasteiger partial charge is 0.482 e. The molecule has 8 heteroatoms. The monoisotopic (exact) mass is 369 g/mol. The zero-order valence-corrected chi connectivity index (χ0v) is 15.2. The third kappa shape index (κ3) is 4.33. The van der Waals surface area contributed by atoms with Gasteiger partial charge >= 0.3 is 0 Å². The highest BCUT2D eigenvalue weighted by Gasteiger charge is 2.27. The Balaban J connectivity index is 1.37. The molecule has 4 rings (SSSR count). The number of hydrogen-bond acceptors (Lipinski definition) is 7. The van der Waals surface area contributed by atoms with Gasteiger partial charge in [0.05, 0.1) is 25.0 Å². The van der Waals surface area contributed by atoms with Crippen molar-refractivity contribution in [3.8, 4) is 5.75 Å². The molecule has 2 aromatic heterocycles. The van der Waals surface area contributed by atoms with E-state index < -0.39 is 0 Å². The number of aromatic nitrogens is 3. The Hall–Kier alpha value is -2.74. The lowest BCUT2D eigenvalue weighted by Gasteiger charge is -2.32. The first-order valence-electron chi connectivity index (χ1n) is 9.30. The van der Waals surface area contributed by atoms with Crippen LogP contribution in [0.5, 0.6) is 5.75 Å². The highest BCUT2D eigenvalue weighted by atomic mass is 16.5. The van der Waals surface area contributed by atoms with Crippen molar-refractivity contribution < 1.29 is 14.3 Å². The van der Waals surface area contributed by atoms with Gasteiger partial charge in [0.15, 0.2) is 6.61 Å². The van der Waals surface area contributed by atoms with Gasteiger partial charge in [-0.25, -0.2) is 9.97 Å². The Morgan fingerprint density at radius 3 is 2.93 bits per heavy atom. The molecular formula is C19H23N5O3. The van der Waals surface area contributed by atoms with E-state index in [0.717, 1.165) is 24.7 Å². The average Bonchev–Trinajstić information content (AvgIpc) is 3.28. The van der Waals surface area contributed by atoms with Crippen LogP contribution in [0, 0.1) is 0 Å². The molecule has 0 radical (unpaired) electrons. The fourth-order valence-corrected chi connectivity index (χ4v) is 3.33. The van der Waals surface area contributed by atoms with Crippen molar-refractivity contribution in [1.82, 2.24) is 19.9 Å². The summed E-state index contributed by atoms with van der Waals surface area (Å²) in [5, 5.41) is 0. The topological polar surface area (TPSA) is 80.7 Å². The van der Waals surface area contributed by atoms with Crippen LogP contribution in [-0.2, 0) is 9.53 Å². The van der Waals surface area contributed by atoms with E-state index >= 15 is 0 Å². The van der Waals surface area contributed by atoms with E-state index in [-0.39, 0.29) is 18.6 Å². The summed E-state index contributed by atoms with van der Waals surface area (Å²) >= 11 is 0. The minimum absolute atomic E-state index is 0.0127. The summed E-state index contributed by atoms with van der Waals surface area (Å²) in [7, 11) is 0. The predicted molar refractivity (Wildman–Crippen MR) is 98.5 cm³/mol. The zero-order chi connectivity index (χ0) is 18.5. The van der Waals surface area contributed by atoms with Crippen LogP contribution in [0.4, 0.5) is 5.95 Å². The van der Waals surface area contributed by atoms with Crippen LogP contribution in [0.2, 0.25) is 0 Å². The van der Waals surface area contributed by atoms with Crippen LogP contribution >= 0.6 is 0 Å². The van der Waals surface area contributed by atoms with Gasteiger partial charge in [0.2, 0.25) is 5.95 Å². The lowest BCUT2D eigenvalue weighted by molar-refractivity contribution is -0.141. The molecule has 1 amide bonds. The molecule has 2 aliphatic rings. The zero-order valence-electron chi connectivity index (χ0n) is 15.2. The maximum absolute atomic E-state index is 12.5. The third-order valence-corrected chi connectivity index (χ3v) is 4.80. The van der Waals surface area contributed by atoms with Crippen molar-refractivity contribution in [2.24, 2.45) is 0 Å². The number of ether oxygens (including phenoxy) is 2. The minimum atomic E-state index is -0.245. The van der Waals surface area contributed by atoms with Gasteiger partial charge in [0.25, 0.3) is 5.91 Å². The molecule has 4 heterocycles. The number of hydrogen-bond donors (Lipinski definition) is 0. The third-order valence-electron chi connectivity index (χ3n) is 4.80. The normalized spacial score (nSPS) is 19.9. The summed E-state index contributed by atoms with van der Waals surface area (Å²) in [6.45, 7) is 3.46. The maximum atomic E-state index is 12.5. The Morgan fingerprint density at radius 2 is 2.11 bits per heavy atom. The fraction of sp³-hybridized carbons (Fsp3) is 0.474. The van der Waals surface area contributed by atoms with Gasteiger partial charge in [-0.1, -0.05) is 0 Å². The molecule has 0 aromatic carbocycles. The summed E-state index contributed by atoms with van der Waals surface area (Å²) in [5.74, 6) is 1.26. The molecule has 8 nitrogen and oxygen atoms in total. The SMILES string of the molecule is O=C(COc1cccnc1)N1CCOC(c2ccnc(N3CCCC3)n2)C1. The first kappa shape index (κ1) is 17.7. The summed E-state index contributed by atoms with van der Waals surface area (Å²) < 4.78 is 11.4. The van der Waals surface area contributed by atoms with E-state index in [1.807, 2.05) is 6.07 Å². The summed E-state index contributed by atoms with van der Waals surface area (Å²) in [6, 6.07) is 5.42. The second-order valence-corrected chi connectivity index (χ2v) is 6.65. The van der Waals surface area contributed by atoms with E-state index in [2.05, 4.69) is 19.9 Å². The average molecular weight is 369 g/mol. The van der Waals surface area contributed by atoms with E-state index in [0.29, 0.717) is 25.4 Å². The molecule has 0 aliphatic carbocycles. The van der Waals surface area contributed by atoms with E-state index in [1.54, 1.807) is 35.6 Å². The molecule has 0 N–H and O–H groups in total. The van der Waals surface area contributed by atoms with Crippen LogP contribution in [0.15, 0.2) is 36.8 Å². The smallest absolute Gasteiger partial charge is 0.260 e. The minimum Gasteiger partial charge on any atom is -0.482 e. The number of anilines is 1. The lowest BCUT2D eigenvalue weighted by Crippen LogP contribution is -2.44. The standard InChI is InChI=1S/C19H23N5O3/c25-18(14-27-15-4-3-6-20-12-15)24-10-11-26-17(13-24)16-5-7-21-19(22-16)23-8-1-2-9-23/h3-7,12,17H,1-2,8-11,13-14H2. The van der Waals surface area contributed by atoms with Crippen LogP contribution in [0.3, 0.4) is 0 Å². The van der Waals surface area contributed by atoms with Crippen LogP contribution < -0.4 is 9.64 Å². The molecule has 27 heavy (non-hydrogen) atoms. The number of carbonyl (C=O) groups is 1. The molecule has 1 unspecified atom stereocenters. The molecule has 0 bridgehead atoms. The summed E-state index contributed by atoms with van der Waals surface area (Å²) in [6.07, 6.45) is 7.13. The van der Waals surface area contributed by atoms with Crippen molar-refractivity contribution >= 4 is 11.9 Å². The molecule has 0 saturated carbocycles. The van der Waals surface area contributed by atoms with Crippen molar-refractivity contribution in [3.05, 3.63) is 42.5 Å². The fourth-order valence-electron chi connectivity index (χ4n) is 3.33. The summed E-state index contributed by atoms with van der Waals surface area (Å²) in [5.41, 5.74) is 0.817. The number of carbonyl (C=O) groups excluding carboxylic acids is 1. The first-order valence-corrected chi connectivity index (χ1v) is 9.30. The van der Waals surface area contributed by atoms with E-state index in [1.165, 1.54) is 12.8 Å². The van der Waals surface area contributed by atoms with Gasteiger partial charge < -0.3 is 19.3 Å². The Bertz CT molecular complexity index is 767.